The minimum Gasteiger partial charge on any atom is -0.389 e. The minimum atomic E-state index is -0.784. The molecule has 0 aromatic heterocycles. The second-order valence-electron chi connectivity index (χ2n) is 3.76. The van der Waals surface area contributed by atoms with E-state index in [2.05, 4.69) is 0 Å². The van der Waals surface area contributed by atoms with Gasteiger partial charge in [-0.2, -0.15) is 11.8 Å². The maximum atomic E-state index is 13.6. The molecule has 2 nitrogen and oxygen atoms in total. The largest absolute Gasteiger partial charge is 0.389 e. The molecular weight excluding hydrogens is 225 g/mol. The van der Waals surface area contributed by atoms with Gasteiger partial charge in [-0.3, -0.25) is 0 Å². The number of benzene rings is 1. The van der Waals surface area contributed by atoms with E-state index in [0.717, 1.165) is 18.0 Å². The highest BCUT2D eigenvalue weighted by Crippen LogP contribution is 2.28. The van der Waals surface area contributed by atoms with Crippen LogP contribution in [0, 0.1) is 5.82 Å². The van der Waals surface area contributed by atoms with E-state index in [-0.39, 0.29) is 5.82 Å². The third-order valence-electron chi connectivity index (χ3n) is 2.49. The summed E-state index contributed by atoms with van der Waals surface area (Å²) >= 11 is 1.75. The molecular formula is C12H18FNOS. The zero-order valence-corrected chi connectivity index (χ0v) is 10.7. The van der Waals surface area contributed by atoms with Crippen molar-refractivity contribution < 1.29 is 9.50 Å². The van der Waals surface area contributed by atoms with Crippen molar-refractivity contribution >= 4 is 17.4 Å². The molecule has 0 radical (unpaired) electrons. The summed E-state index contributed by atoms with van der Waals surface area (Å²) in [5.74, 6) is 0.634. The Kier molecular flexibility index (Phi) is 5.09. The van der Waals surface area contributed by atoms with E-state index >= 15 is 0 Å². The van der Waals surface area contributed by atoms with Crippen molar-refractivity contribution in [3.8, 4) is 0 Å². The summed E-state index contributed by atoms with van der Waals surface area (Å²) < 4.78 is 13.6. The smallest absolute Gasteiger partial charge is 0.131 e. The summed E-state index contributed by atoms with van der Waals surface area (Å²) in [7, 11) is 1.91. The Morgan fingerprint density at radius 2 is 2.19 bits per heavy atom. The molecule has 16 heavy (non-hydrogen) atoms. The summed E-state index contributed by atoms with van der Waals surface area (Å²) in [6, 6.07) is 4.89. The van der Waals surface area contributed by atoms with E-state index in [4.69, 9.17) is 0 Å². The van der Waals surface area contributed by atoms with E-state index in [1.165, 1.54) is 6.07 Å². The fourth-order valence-corrected chi connectivity index (χ4v) is 2.08. The van der Waals surface area contributed by atoms with Crippen LogP contribution in [0.1, 0.15) is 18.6 Å². The highest BCUT2D eigenvalue weighted by Gasteiger charge is 2.15. The molecule has 0 aliphatic heterocycles. The van der Waals surface area contributed by atoms with Crippen LogP contribution in [0.3, 0.4) is 0 Å². The second kappa shape index (κ2) is 6.11. The molecule has 1 N–H and O–H groups in total. The van der Waals surface area contributed by atoms with E-state index in [0.29, 0.717) is 5.56 Å². The number of anilines is 1. The molecule has 1 rings (SSSR count). The third-order valence-corrected chi connectivity index (χ3v) is 3.08. The average Bonchev–Trinajstić information content (AvgIpc) is 2.24. The molecule has 4 heteroatoms. The highest BCUT2D eigenvalue weighted by atomic mass is 32.2. The molecule has 0 saturated carbocycles. The average molecular weight is 243 g/mol. The number of thioether (sulfide) groups is 1. The maximum Gasteiger partial charge on any atom is 0.131 e. The number of aliphatic hydroxyl groups is 1. The van der Waals surface area contributed by atoms with Gasteiger partial charge >= 0.3 is 0 Å². The van der Waals surface area contributed by atoms with Crippen molar-refractivity contribution in [3.63, 3.8) is 0 Å². The van der Waals surface area contributed by atoms with Gasteiger partial charge in [-0.15, -0.1) is 0 Å². The number of rotatable bonds is 5. The van der Waals surface area contributed by atoms with Gasteiger partial charge in [0.25, 0.3) is 0 Å². The number of halogens is 1. The van der Waals surface area contributed by atoms with Gasteiger partial charge in [0, 0.05) is 30.6 Å². The van der Waals surface area contributed by atoms with Crippen molar-refractivity contribution in [1.29, 1.82) is 0 Å². The van der Waals surface area contributed by atoms with Gasteiger partial charge in [0.15, 0.2) is 0 Å². The van der Waals surface area contributed by atoms with Gasteiger partial charge in [-0.1, -0.05) is 6.07 Å². The van der Waals surface area contributed by atoms with Crippen molar-refractivity contribution in [3.05, 3.63) is 29.6 Å². The van der Waals surface area contributed by atoms with E-state index in [1.54, 1.807) is 24.8 Å². The summed E-state index contributed by atoms with van der Waals surface area (Å²) in [5, 5.41) is 9.59. The fourth-order valence-electron chi connectivity index (χ4n) is 1.62. The zero-order chi connectivity index (χ0) is 12.1. The van der Waals surface area contributed by atoms with Crippen LogP contribution in [0.5, 0.6) is 0 Å². The SMILES string of the molecule is CSCCN(C)c1cccc(F)c1[C@H](C)O. The predicted molar refractivity (Wildman–Crippen MR) is 68.7 cm³/mol. The van der Waals surface area contributed by atoms with Crippen LogP contribution in [-0.4, -0.2) is 30.7 Å². The van der Waals surface area contributed by atoms with Gasteiger partial charge in [0.1, 0.15) is 5.82 Å². The molecule has 1 atom stereocenters. The fraction of sp³-hybridized carbons (Fsp3) is 0.500. The topological polar surface area (TPSA) is 23.5 Å². The summed E-state index contributed by atoms with van der Waals surface area (Å²) in [6.07, 6.45) is 1.25. The van der Waals surface area contributed by atoms with E-state index in [1.807, 2.05) is 24.3 Å². The molecule has 0 unspecified atom stereocenters. The number of aliphatic hydroxyl groups excluding tert-OH is 1. The molecule has 0 amide bonds. The van der Waals surface area contributed by atoms with Crippen LogP contribution in [0.4, 0.5) is 10.1 Å². The normalized spacial score (nSPS) is 12.6. The molecule has 1 aromatic carbocycles. The molecule has 0 aliphatic carbocycles. The van der Waals surface area contributed by atoms with Gasteiger partial charge in [-0.05, 0) is 25.3 Å². The van der Waals surface area contributed by atoms with Crippen LogP contribution < -0.4 is 4.90 Å². The standard InChI is InChI=1S/C12H18FNOS/c1-9(15)12-10(13)5-4-6-11(12)14(2)7-8-16-3/h4-6,9,15H,7-8H2,1-3H3/t9-/m0/s1. The second-order valence-corrected chi connectivity index (χ2v) is 4.75. The first-order valence-electron chi connectivity index (χ1n) is 5.24. The molecule has 0 saturated heterocycles. The lowest BCUT2D eigenvalue weighted by atomic mass is 10.1. The molecule has 0 aliphatic rings. The highest BCUT2D eigenvalue weighted by molar-refractivity contribution is 7.98. The van der Waals surface area contributed by atoms with Crippen molar-refractivity contribution in [1.82, 2.24) is 0 Å². The van der Waals surface area contributed by atoms with Gasteiger partial charge in [-0.25, -0.2) is 4.39 Å². The van der Waals surface area contributed by atoms with Crippen molar-refractivity contribution in [2.75, 3.05) is 30.5 Å². The lowest BCUT2D eigenvalue weighted by Crippen LogP contribution is -2.22. The summed E-state index contributed by atoms with van der Waals surface area (Å²) in [5.41, 5.74) is 1.15. The Morgan fingerprint density at radius 1 is 1.50 bits per heavy atom. The van der Waals surface area contributed by atoms with Gasteiger partial charge < -0.3 is 10.0 Å². The molecule has 90 valence electrons. The van der Waals surface area contributed by atoms with Gasteiger partial charge in [0.2, 0.25) is 0 Å². The first-order valence-corrected chi connectivity index (χ1v) is 6.64. The first kappa shape index (κ1) is 13.3. The Hall–Kier alpha value is -0.740. The minimum absolute atomic E-state index is 0.344. The summed E-state index contributed by atoms with van der Waals surface area (Å²) in [4.78, 5) is 1.97. The third kappa shape index (κ3) is 3.12. The quantitative estimate of drug-likeness (QED) is 0.860. The van der Waals surface area contributed by atoms with Gasteiger partial charge in [0.05, 0.1) is 6.10 Å². The van der Waals surface area contributed by atoms with Crippen molar-refractivity contribution in [2.24, 2.45) is 0 Å². The maximum absolute atomic E-state index is 13.6. The molecule has 0 spiro atoms. The Labute approximate surface area is 100 Å². The van der Waals surface area contributed by atoms with Crippen LogP contribution >= 0.6 is 11.8 Å². The monoisotopic (exact) mass is 243 g/mol. The Bertz CT molecular complexity index is 344. The lowest BCUT2D eigenvalue weighted by molar-refractivity contribution is 0.194. The first-order chi connectivity index (χ1) is 7.57. The van der Waals surface area contributed by atoms with Crippen LogP contribution in [0.25, 0.3) is 0 Å². The van der Waals surface area contributed by atoms with E-state index < -0.39 is 6.10 Å². The van der Waals surface area contributed by atoms with Crippen LogP contribution in [0.2, 0.25) is 0 Å². The van der Waals surface area contributed by atoms with E-state index in [9.17, 15) is 9.50 Å². The predicted octanol–water partition coefficient (Wildman–Crippen LogP) is 2.68. The van der Waals surface area contributed by atoms with Crippen LogP contribution in [-0.2, 0) is 0 Å². The molecule has 1 aromatic rings. The Balaban J connectivity index is 2.98. The molecule has 0 bridgehead atoms. The number of hydrogen-bond acceptors (Lipinski definition) is 3. The number of hydrogen-bond donors (Lipinski definition) is 1. The number of nitrogens with zero attached hydrogens (tertiary/aromatic N) is 1. The summed E-state index contributed by atoms with van der Waals surface area (Å²) in [6.45, 7) is 2.43. The Morgan fingerprint density at radius 3 is 2.75 bits per heavy atom. The molecule has 0 heterocycles. The lowest BCUT2D eigenvalue weighted by Gasteiger charge is -2.23. The zero-order valence-electron chi connectivity index (χ0n) is 9.90. The molecule has 0 fully saturated rings. The van der Waals surface area contributed by atoms with Crippen LogP contribution in [0.15, 0.2) is 18.2 Å². The van der Waals surface area contributed by atoms with Crippen molar-refractivity contribution in [2.45, 2.75) is 13.0 Å².